The summed E-state index contributed by atoms with van der Waals surface area (Å²) in [7, 11) is 0. The minimum Gasteiger partial charge on any atom is -0.284 e. The molecule has 0 rings (SSSR count). The molecule has 0 aliphatic heterocycles. The second-order valence-electron chi connectivity index (χ2n) is 3.23. The van der Waals surface area contributed by atoms with Gasteiger partial charge in [-0.2, -0.15) is 4.21 Å². The van der Waals surface area contributed by atoms with Crippen molar-refractivity contribution in [2.24, 2.45) is 0 Å². The molecule has 52 valence electrons. The van der Waals surface area contributed by atoms with Gasteiger partial charge in [-0.1, -0.05) is 0 Å². The van der Waals surface area contributed by atoms with Gasteiger partial charge in [-0.15, -0.1) is 0 Å². The molecule has 3 nitrogen and oxygen atoms in total. The second-order valence-corrected chi connectivity index (χ2v) is 6.69. The van der Waals surface area contributed by atoms with E-state index in [1.165, 1.54) is 27.9 Å². The molecule has 5 heteroatoms. The summed E-state index contributed by atoms with van der Waals surface area (Å²) in [6.07, 6.45) is 0. The predicted molar refractivity (Wildman–Crippen MR) is 38.9 cm³/mol. The first kappa shape index (κ1) is 12.7. The maximum atomic E-state index is 8.67. The molecule has 2 N–H and O–H groups in total. The molecule has 0 aromatic heterocycles. The molecule has 0 heterocycles. The van der Waals surface area contributed by atoms with E-state index in [9.17, 15) is 0 Å². The SMILES string of the molecule is C[C](C)(C)[Na].O=S(O)O. The van der Waals surface area contributed by atoms with Crippen LogP contribution >= 0.6 is 0 Å². The van der Waals surface area contributed by atoms with Crippen LogP contribution in [-0.2, 0) is 11.4 Å². The number of hydrogen-bond acceptors (Lipinski definition) is 1. The second kappa shape index (κ2) is 5.82. The third kappa shape index (κ3) is 396. The monoisotopic (exact) mass is 162 g/mol. The van der Waals surface area contributed by atoms with Gasteiger partial charge in [0.1, 0.15) is 0 Å². The zero-order chi connectivity index (χ0) is 8.08. The van der Waals surface area contributed by atoms with E-state index in [2.05, 4.69) is 20.8 Å². The Kier molecular flexibility index (Phi) is 8.23. The molecular weight excluding hydrogens is 151 g/mol. The van der Waals surface area contributed by atoms with Gasteiger partial charge >= 0.3 is 51.4 Å². The standard InChI is InChI=1S/C4H9.Na.H2O3S/c1-4(2)3;;1-4(2)3/h1-3H3;;(H2,1,2,3). The van der Waals surface area contributed by atoms with Gasteiger partial charge in [0.2, 0.25) is 0 Å². The smallest absolute Gasteiger partial charge is 0.284 e. The van der Waals surface area contributed by atoms with E-state index in [4.69, 9.17) is 13.3 Å². The molecule has 0 bridgehead atoms. The number of hydrogen-bond donors (Lipinski definition) is 2. The third-order valence-electron chi connectivity index (χ3n) is 0. The summed E-state index contributed by atoms with van der Waals surface area (Å²) in [5, 5.41) is 0. The summed E-state index contributed by atoms with van der Waals surface area (Å²) < 4.78 is 23.5. The van der Waals surface area contributed by atoms with Crippen molar-refractivity contribution in [2.75, 3.05) is 0 Å². The summed E-state index contributed by atoms with van der Waals surface area (Å²) in [4.78, 5) is 0. The van der Waals surface area contributed by atoms with Gasteiger partial charge in [0, 0.05) is 0 Å². The van der Waals surface area contributed by atoms with E-state index < -0.39 is 11.4 Å². The molecule has 0 fully saturated rings. The maximum Gasteiger partial charge on any atom is 0.299 e. The maximum absolute atomic E-state index is 8.67. The van der Waals surface area contributed by atoms with Crippen LogP contribution in [0.3, 0.4) is 0 Å². The minimum atomic E-state index is -2.61. The summed E-state index contributed by atoms with van der Waals surface area (Å²) in [5.41, 5.74) is 0. The van der Waals surface area contributed by atoms with Crippen LogP contribution in [0.1, 0.15) is 20.8 Å². The normalized spacial score (nSPS) is 10.7. The van der Waals surface area contributed by atoms with Crippen molar-refractivity contribution in [2.45, 2.75) is 23.4 Å². The Morgan fingerprint density at radius 3 is 1.33 bits per heavy atom. The van der Waals surface area contributed by atoms with E-state index in [1.807, 2.05) is 0 Å². The molecule has 0 amide bonds. The Labute approximate surface area is 75.8 Å². The van der Waals surface area contributed by atoms with Crippen molar-refractivity contribution in [1.29, 1.82) is 0 Å². The molecule has 0 spiro atoms. The van der Waals surface area contributed by atoms with Crippen LogP contribution < -0.4 is 0 Å². The van der Waals surface area contributed by atoms with Crippen LogP contribution in [0.25, 0.3) is 0 Å². The van der Waals surface area contributed by atoms with Crippen molar-refractivity contribution >= 4 is 39.3 Å². The van der Waals surface area contributed by atoms with Crippen molar-refractivity contribution in [3.63, 3.8) is 0 Å². The van der Waals surface area contributed by atoms with E-state index in [0.717, 1.165) is 0 Å². The zero-order valence-electron chi connectivity index (χ0n) is 6.21. The zero-order valence-corrected chi connectivity index (χ0v) is 9.03. The summed E-state index contributed by atoms with van der Waals surface area (Å²) in [6.45, 7) is 6.75. The van der Waals surface area contributed by atoms with Crippen molar-refractivity contribution in [1.82, 2.24) is 0 Å². The molecular formula is C4H11NaO3S. The van der Waals surface area contributed by atoms with Crippen LogP contribution in [0.4, 0.5) is 0 Å². The van der Waals surface area contributed by atoms with Crippen molar-refractivity contribution in [3.8, 4) is 0 Å². The molecule has 0 unspecified atom stereocenters. The molecule has 0 aliphatic carbocycles. The van der Waals surface area contributed by atoms with E-state index in [-0.39, 0.29) is 0 Å². The number of rotatable bonds is 0. The van der Waals surface area contributed by atoms with Gasteiger partial charge in [-0.25, -0.2) is 0 Å². The quantitative estimate of drug-likeness (QED) is 0.413. The van der Waals surface area contributed by atoms with Crippen LogP contribution in [0, 0.1) is 0 Å². The minimum absolute atomic E-state index is 0.639. The first-order valence-corrected chi connectivity index (χ1v) is 4.60. The van der Waals surface area contributed by atoms with Gasteiger partial charge in [0.15, 0.2) is 0 Å². The molecule has 0 radical (unpaired) electrons. The predicted octanol–water partition coefficient (Wildman–Crippen LogP) is 1.05. The average Bonchev–Trinajstić information content (AvgIpc) is 1.19. The average molecular weight is 162 g/mol. The molecule has 0 saturated heterocycles. The molecule has 0 aromatic rings. The fourth-order valence-electron chi connectivity index (χ4n) is 0. The van der Waals surface area contributed by atoms with E-state index >= 15 is 0 Å². The molecule has 0 saturated carbocycles. The topological polar surface area (TPSA) is 57.5 Å². The van der Waals surface area contributed by atoms with Crippen LogP contribution in [0.5, 0.6) is 0 Å². The van der Waals surface area contributed by atoms with Gasteiger partial charge in [0.25, 0.3) is 11.4 Å². The summed E-state index contributed by atoms with van der Waals surface area (Å²) in [5.74, 6) is 0. The van der Waals surface area contributed by atoms with Gasteiger partial charge in [-0.05, 0) is 0 Å². The third-order valence-corrected chi connectivity index (χ3v) is 0. The van der Waals surface area contributed by atoms with Crippen LogP contribution in [0.15, 0.2) is 0 Å². The Balaban J connectivity index is 0. The molecule has 0 atom stereocenters. The molecule has 0 aromatic carbocycles. The van der Waals surface area contributed by atoms with Crippen molar-refractivity contribution in [3.05, 3.63) is 0 Å². The van der Waals surface area contributed by atoms with E-state index in [1.54, 1.807) is 0 Å². The fraction of sp³-hybridized carbons (Fsp3) is 1.00. The Bertz CT molecular complexity index is 78.3. The first-order chi connectivity index (χ1) is 3.73. The fourth-order valence-corrected chi connectivity index (χ4v) is 0. The Morgan fingerprint density at radius 2 is 1.33 bits per heavy atom. The summed E-state index contributed by atoms with van der Waals surface area (Å²) in [6, 6.07) is 0. The van der Waals surface area contributed by atoms with Gasteiger partial charge < -0.3 is 0 Å². The largest absolute Gasteiger partial charge is 0.299 e. The van der Waals surface area contributed by atoms with Gasteiger partial charge in [-0.3, -0.25) is 9.11 Å². The first-order valence-electron chi connectivity index (χ1n) is 2.53. The van der Waals surface area contributed by atoms with Crippen LogP contribution in [0.2, 0.25) is 2.66 Å². The van der Waals surface area contributed by atoms with E-state index in [0.29, 0.717) is 2.66 Å². The Morgan fingerprint density at radius 1 is 1.33 bits per heavy atom. The molecule has 0 aliphatic rings. The molecule has 9 heavy (non-hydrogen) atoms. The Hall–Kier alpha value is 1.07. The van der Waals surface area contributed by atoms with Gasteiger partial charge in [0.05, 0.1) is 0 Å². The summed E-state index contributed by atoms with van der Waals surface area (Å²) >= 11 is -1.30. The van der Waals surface area contributed by atoms with Crippen LogP contribution in [-0.4, -0.2) is 41.2 Å². The van der Waals surface area contributed by atoms with Crippen molar-refractivity contribution < 1.29 is 13.3 Å².